The molecule has 0 aliphatic heterocycles. The van der Waals surface area contributed by atoms with Gasteiger partial charge in [-0.15, -0.1) is 0 Å². The lowest BCUT2D eigenvalue weighted by Crippen LogP contribution is -2.48. The van der Waals surface area contributed by atoms with Crippen molar-refractivity contribution < 1.29 is 19.4 Å². The fourth-order valence-electron chi connectivity index (χ4n) is 2.48. The van der Waals surface area contributed by atoms with E-state index in [1.165, 1.54) is 11.8 Å². The van der Waals surface area contributed by atoms with Crippen LogP contribution in [-0.2, 0) is 22.1 Å². The summed E-state index contributed by atoms with van der Waals surface area (Å²) in [5.41, 5.74) is -0.0327. The van der Waals surface area contributed by atoms with E-state index in [2.05, 4.69) is 5.10 Å². The van der Waals surface area contributed by atoms with Crippen LogP contribution < -0.4 is 4.74 Å². The summed E-state index contributed by atoms with van der Waals surface area (Å²) in [6.07, 6.45) is 0.0381. The minimum absolute atomic E-state index is 0.0191. The van der Waals surface area contributed by atoms with E-state index in [4.69, 9.17) is 4.74 Å². The zero-order valence-corrected chi connectivity index (χ0v) is 9.98. The lowest BCUT2D eigenvalue weighted by molar-refractivity contribution is -0.153. The SMILES string of the molecule is COc1c(C2(C(=O)O)CC(=O)C2)c(C)nn1C. The number of ketones is 1. The number of hydrogen-bond donors (Lipinski definition) is 1. The molecule has 1 aliphatic rings. The molecular formula is C11H14N2O4. The highest BCUT2D eigenvalue weighted by Crippen LogP contribution is 2.46. The lowest BCUT2D eigenvalue weighted by atomic mass is 9.63. The van der Waals surface area contributed by atoms with E-state index in [9.17, 15) is 14.7 Å². The molecule has 0 aromatic carbocycles. The van der Waals surface area contributed by atoms with Crippen molar-refractivity contribution in [2.24, 2.45) is 7.05 Å². The van der Waals surface area contributed by atoms with Crippen molar-refractivity contribution >= 4 is 11.8 Å². The van der Waals surface area contributed by atoms with Gasteiger partial charge in [-0.3, -0.25) is 9.59 Å². The molecule has 1 saturated carbocycles. The molecule has 6 nitrogen and oxygen atoms in total. The van der Waals surface area contributed by atoms with Crippen LogP contribution in [0.1, 0.15) is 24.1 Å². The Morgan fingerprint density at radius 1 is 1.53 bits per heavy atom. The molecule has 1 fully saturated rings. The van der Waals surface area contributed by atoms with E-state index in [1.807, 2.05) is 0 Å². The molecule has 1 heterocycles. The van der Waals surface area contributed by atoms with Gasteiger partial charge >= 0.3 is 5.97 Å². The number of aliphatic carboxylic acids is 1. The highest BCUT2D eigenvalue weighted by Gasteiger charge is 2.55. The number of carbonyl (C=O) groups excluding carboxylic acids is 1. The fourth-order valence-corrected chi connectivity index (χ4v) is 2.48. The summed E-state index contributed by atoms with van der Waals surface area (Å²) in [6, 6.07) is 0. The summed E-state index contributed by atoms with van der Waals surface area (Å²) in [6.45, 7) is 1.73. The van der Waals surface area contributed by atoms with E-state index in [-0.39, 0.29) is 18.6 Å². The first-order valence-electron chi connectivity index (χ1n) is 5.25. The number of Topliss-reactive ketones (excluding diaryl/α,β-unsaturated/α-hetero) is 1. The number of aromatic nitrogens is 2. The minimum atomic E-state index is -1.15. The van der Waals surface area contributed by atoms with E-state index < -0.39 is 11.4 Å². The third-order valence-corrected chi connectivity index (χ3v) is 3.25. The number of carbonyl (C=O) groups is 2. The van der Waals surface area contributed by atoms with Gasteiger partial charge in [-0.25, -0.2) is 4.68 Å². The van der Waals surface area contributed by atoms with Crippen molar-refractivity contribution in [1.82, 2.24) is 9.78 Å². The number of nitrogens with zero attached hydrogens (tertiary/aromatic N) is 2. The summed E-state index contributed by atoms with van der Waals surface area (Å²) >= 11 is 0. The standard InChI is InChI=1S/C11H14N2O4/c1-6-8(9(17-3)13(2)12-6)11(10(15)16)4-7(14)5-11/h4-5H2,1-3H3,(H,15,16). The normalized spacial score (nSPS) is 17.7. The van der Waals surface area contributed by atoms with Crippen LogP contribution in [0.15, 0.2) is 0 Å². The molecule has 0 radical (unpaired) electrons. The Balaban J connectivity index is 2.59. The maximum atomic E-state index is 11.4. The second kappa shape index (κ2) is 3.58. The van der Waals surface area contributed by atoms with E-state index in [0.29, 0.717) is 17.1 Å². The number of rotatable bonds is 3. The first-order valence-corrected chi connectivity index (χ1v) is 5.25. The van der Waals surface area contributed by atoms with Crippen molar-refractivity contribution in [2.45, 2.75) is 25.2 Å². The van der Waals surface area contributed by atoms with Crippen molar-refractivity contribution in [3.63, 3.8) is 0 Å². The van der Waals surface area contributed by atoms with Gasteiger partial charge in [0, 0.05) is 19.9 Å². The van der Waals surface area contributed by atoms with Gasteiger partial charge in [-0.2, -0.15) is 5.10 Å². The molecule has 0 atom stereocenters. The van der Waals surface area contributed by atoms with E-state index in [1.54, 1.807) is 14.0 Å². The Morgan fingerprint density at radius 3 is 2.53 bits per heavy atom. The first-order chi connectivity index (χ1) is 7.92. The third-order valence-electron chi connectivity index (χ3n) is 3.25. The third kappa shape index (κ3) is 1.44. The zero-order valence-electron chi connectivity index (χ0n) is 9.98. The average Bonchev–Trinajstić information content (AvgIpc) is 2.47. The van der Waals surface area contributed by atoms with Crippen LogP contribution in [-0.4, -0.2) is 33.7 Å². The molecule has 1 aromatic heterocycles. The van der Waals surface area contributed by atoms with Crippen LogP contribution in [0, 0.1) is 6.92 Å². The van der Waals surface area contributed by atoms with Crippen molar-refractivity contribution in [1.29, 1.82) is 0 Å². The molecule has 2 rings (SSSR count). The van der Waals surface area contributed by atoms with Crippen molar-refractivity contribution in [3.05, 3.63) is 11.3 Å². The number of ether oxygens (including phenoxy) is 1. The minimum Gasteiger partial charge on any atom is -0.481 e. The van der Waals surface area contributed by atoms with E-state index in [0.717, 1.165) is 0 Å². The van der Waals surface area contributed by atoms with Gasteiger partial charge in [0.15, 0.2) is 0 Å². The van der Waals surface area contributed by atoms with Gasteiger partial charge < -0.3 is 9.84 Å². The van der Waals surface area contributed by atoms with Crippen LogP contribution >= 0.6 is 0 Å². The molecule has 17 heavy (non-hydrogen) atoms. The Morgan fingerprint density at radius 2 is 2.12 bits per heavy atom. The number of methoxy groups -OCH3 is 1. The van der Waals surface area contributed by atoms with Gasteiger partial charge in [0.2, 0.25) is 5.88 Å². The fraction of sp³-hybridized carbons (Fsp3) is 0.545. The molecule has 0 bridgehead atoms. The second-order valence-electron chi connectivity index (χ2n) is 4.37. The molecule has 0 saturated heterocycles. The highest BCUT2D eigenvalue weighted by molar-refractivity contribution is 6.02. The first kappa shape index (κ1) is 11.6. The number of carboxylic acids is 1. The van der Waals surface area contributed by atoms with Crippen molar-refractivity contribution in [3.8, 4) is 5.88 Å². The Labute approximate surface area is 98.2 Å². The van der Waals surface area contributed by atoms with Crippen LogP contribution in [0.5, 0.6) is 5.88 Å². The number of hydrogen-bond acceptors (Lipinski definition) is 4. The van der Waals surface area contributed by atoms with Crippen LogP contribution in [0.3, 0.4) is 0 Å². The topological polar surface area (TPSA) is 81.4 Å². The number of carboxylic acid groups (broad SMARTS) is 1. The maximum Gasteiger partial charge on any atom is 0.315 e. The maximum absolute atomic E-state index is 11.4. The smallest absolute Gasteiger partial charge is 0.315 e. The predicted octanol–water partition coefficient (Wildman–Crippen LogP) is 0.422. The number of aryl methyl sites for hydroxylation is 2. The zero-order chi connectivity index (χ0) is 12.8. The largest absolute Gasteiger partial charge is 0.481 e. The molecule has 0 spiro atoms. The molecule has 0 unspecified atom stereocenters. The van der Waals surface area contributed by atoms with Crippen LogP contribution in [0.2, 0.25) is 0 Å². The van der Waals surface area contributed by atoms with Crippen LogP contribution in [0.4, 0.5) is 0 Å². The quantitative estimate of drug-likeness (QED) is 0.825. The summed E-state index contributed by atoms with van der Waals surface area (Å²) in [7, 11) is 3.15. The predicted molar refractivity (Wildman–Crippen MR) is 58.1 cm³/mol. The summed E-state index contributed by atoms with van der Waals surface area (Å²) in [4.78, 5) is 22.6. The molecule has 1 N–H and O–H groups in total. The van der Waals surface area contributed by atoms with E-state index >= 15 is 0 Å². The Bertz CT molecular complexity index is 496. The van der Waals surface area contributed by atoms with Crippen molar-refractivity contribution in [2.75, 3.05) is 7.11 Å². The summed E-state index contributed by atoms with van der Waals surface area (Å²) in [5.74, 6) is -0.624. The summed E-state index contributed by atoms with van der Waals surface area (Å²) in [5, 5.41) is 13.5. The molecule has 6 heteroatoms. The van der Waals surface area contributed by atoms with Gasteiger partial charge in [0.25, 0.3) is 0 Å². The Hall–Kier alpha value is -1.85. The second-order valence-corrected chi connectivity index (χ2v) is 4.37. The lowest BCUT2D eigenvalue weighted by Gasteiger charge is -2.36. The van der Waals surface area contributed by atoms with Crippen LogP contribution in [0.25, 0.3) is 0 Å². The average molecular weight is 238 g/mol. The van der Waals surface area contributed by atoms with Gasteiger partial charge in [0.1, 0.15) is 11.2 Å². The van der Waals surface area contributed by atoms with Gasteiger partial charge in [0.05, 0.1) is 18.4 Å². The highest BCUT2D eigenvalue weighted by atomic mass is 16.5. The molecule has 0 amide bonds. The molecular weight excluding hydrogens is 224 g/mol. The Kier molecular flexibility index (Phi) is 2.45. The molecule has 92 valence electrons. The van der Waals surface area contributed by atoms with Gasteiger partial charge in [-0.05, 0) is 6.92 Å². The molecule has 1 aromatic rings. The monoisotopic (exact) mass is 238 g/mol. The molecule has 1 aliphatic carbocycles. The van der Waals surface area contributed by atoms with Gasteiger partial charge in [-0.1, -0.05) is 0 Å². The summed E-state index contributed by atoms with van der Waals surface area (Å²) < 4.78 is 6.69.